The summed E-state index contributed by atoms with van der Waals surface area (Å²) in [5.74, 6) is -2.48. The fraction of sp³-hybridized carbons (Fsp3) is 0.333. The van der Waals surface area contributed by atoms with Gasteiger partial charge in [-0.15, -0.1) is 6.58 Å². The van der Waals surface area contributed by atoms with Gasteiger partial charge in [0.2, 0.25) is 0 Å². The summed E-state index contributed by atoms with van der Waals surface area (Å²) >= 11 is 6.10. The number of hydrogen-bond donors (Lipinski definition) is 3. The fourth-order valence-corrected chi connectivity index (χ4v) is 3.28. The predicted octanol–water partition coefficient (Wildman–Crippen LogP) is 2.77. The standard InChI is InChI=1S/C18H21ClN2O4/c1-4-9-18(17(23)24)15(12-7-6-8-13(19)10-12)14(11(3)20-21-18)16(22)25-5-2/h4,6-8,10,15,20-21H,1,5,9H2,2-3H3,(H,23,24). The van der Waals surface area contributed by atoms with Crippen LogP contribution < -0.4 is 10.9 Å². The van der Waals surface area contributed by atoms with Crippen LogP contribution in [0.25, 0.3) is 0 Å². The summed E-state index contributed by atoms with van der Waals surface area (Å²) in [5, 5.41) is 10.4. The number of allylic oxidation sites excluding steroid dienone is 1. The van der Waals surface area contributed by atoms with Gasteiger partial charge in [-0.05, 0) is 38.0 Å². The number of ether oxygens (including phenoxy) is 1. The summed E-state index contributed by atoms with van der Waals surface area (Å²) in [6.07, 6.45) is 1.59. The Bertz CT molecular complexity index is 732. The molecule has 0 aliphatic carbocycles. The Morgan fingerprint density at radius 2 is 2.20 bits per heavy atom. The summed E-state index contributed by atoms with van der Waals surface area (Å²) in [5.41, 5.74) is 5.52. The van der Waals surface area contributed by atoms with Crippen LogP contribution in [0.3, 0.4) is 0 Å². The number of carboxylic acids is 1. The molecule has 0 saturated heterocycles. The summed E-state index contributed by atoms with van der Waals surface area (Å²) in [6.45, 7) is 7.24. The Kier molecular flexibility index (Phi) is 5.87. The third-order valence-corrected chi connectivity index (χ3v) is 4.42. The van der Waals surface area contributed by atoms with Crippen molar-refractivity contribution in [3.63, 3.8) is 0 Å². The third-order valence-electron chi connectivity index (χ3n) is 4.18. The molecule has 1 heterocycles. The van der Waals surface area contributed by atoms with E-state index in [0.717, 1.165) is 0 Å². The molecule has 1 aromatic carbocycles. The van der Waals surface area contributed by atoms with Crippen molar-refractivity contribution >= 4 is 23.5 Å². The number of halogens is 1. The number of carbonyl (C=O) groups is 2. The van der Waals surface area contributed by atoms with Gasteiger partial charge in [0.1, 0.15) is 5.54 Å². The molecule has 1 aromatic rings. The van der Waals surface area contributed by atoms with E-state index in [2.05, 4.69) is 17.4 Å². The maximum Gasteiger partial charge on any atom is 0.336 e. The highest BCUT2D eigenvalue weighted by Gasteiger charge is 2.52. The van der Waals surface area contributed by atoms with Gasteiger partial charge in [-0.3, -0.25) is 4.79 Å². The van der Waals surface area contributed by atoms with Crippen LogP contribution in [-0.4, -0.2) is 29.2 Å². The highest BCUT2D eigenvalue weighted by molar-refractivity contribution is 6.30. The minimum absolute atomic E-state index is 0.0860. The highest BCUT2D eigenvalue weighted by atomic mass is 35.5. The van der Waals surface area contributed by atoms with E-state index in [9.17, 15) is 14.7 Å². The van der Waals surface area contributed by atoms with Crippen LogP contribution in [0.2, 0.25) is 5.02 Å². The minimum atomic E-state index is -1.51. The maximum atomic E-state index is 12.6. The summed E-state index contributed by atoms with van der Waals surface area (Å²) in [4.78, 5) is 24.8. The molecule has 25 heavy (non-hydrogen) atoms. The van der Waals surface area contributed by atoms with Crippen molar-refractivity contribution in [1.29, 1.82) is 0 Å². The number of hydrazine groups is 1. The van der Waals surface area contributed by atoms with Crippen LogP contribution in [0.5, 0.6) is 0 Å². The van der Waals surface area contributed by atoms with Gasteiger partial charge in [0.15, 0.2) is 0 Å². The molecule has 0 bridgehead atoms. The second-order valence-corrected chi connectivity index (χ2v) is 6.20. The molecule has 0 radical (unpaired) electrons. The second-order valence-electron chi connectivity index (χ2n) is 5.77. The zero-order valence-electron chi connectivity index (χ0n) is 14.1. The number of aliphatic carboxylic acids is 1. The van der Waals surface area contributed by atoms with Crippen molar-refractivity contribution in [2.24, 2.45) is 0 Å². The van der Waals surface area contributed by atoms with E-state index < -0.39 is 23.4 Å². The lowest BCUT2D eigenvalue weighted by molar-refractivity contribution is -0.147. The molecular formula is C18H21ClN2O4. The van der Waals surface area contributed by atoms with E-state index in [0.29, 0.717) is 16.3 Å². The van der Waals surface area contributed by atoms with Crippen molar-refractivity contribution in [2.75, 3.05) is 6.61 Å². The predicted molar refractivity (Wildman–Crippen MR) is 95.0 cm³/mol. The molecule has 0 fully saturated rings. The summed E-state index contributed by atoms with van der Waals surface area (Å²) in [6, 6.07) is 6.82. The van der Waals surface area contributed by atoms with E-state index in [4.69, 9.17) is 16.3 Å². The van der Waals surface area contributed by atoms with Gasteiger partial charge in [-0.1, -0.05) is 29.8 Å². The monoisotopic (exact) mass is 364 g/mol. The fourth-order valence-electron chi connectivity index (χ4n) is 3.09. The van der Waals surface area contributed by atoms with Crippen molar-refractivity contribution in [3.8, 4) is 0 Å². The van der Waals surface area contributed by atoms with Gasteiger partial charge >= 0.3 is 11.9 Å². The van der Waals surface area contributed by atoms with Crippen molar-refractivity contribution in [1.82, 2.24) is 10.9 Å². The van der Waals surface area contributed by atoms with Gasteiger partial charge in [0.05, 0.1) is 12.2 Å². The third kappa shape index (κ3) is 3.55. The van der Waals surface area contributed by atoms with Crippen LogP contribution in [0, 0.1) is 0 Å². The smallest absolute Gasteiger partial charge is 0.336 e. The van der Waals surface area contributed by atoms with Crippen LogP contribution in [-0.2, 0) is 14.3 Å². The van der Waals surface area contributed by atoms with Gasteiger partial charge in [0.25, 0.3) is 0 Å². The minimum Gasteiger partial charge on any atom is -0.480 e. The second kappa shape index (κ2) is 7.72. The van der Waals surface area contributed by atoms with Crippen molar-refractivity contribution in [2.45, 2.75) is 31.7 Å². The Hall–Kier alpha value is -2.31. The van der Waals surface area contributed by atoms with Gasteiger partial charge < -0.3 is 15.3 Å². The Morgan fingerprint density at radius 3 is 2.76 bits per heavy atom. The number of esters is 1. The molecule has 0 saturated carbocycles. The van der Waals surface area contributed by atoms with E-state index in [1.54, 1.807) is 38.1 Å². The number of nitrogens with one attached hydrogen (secondary N) is 2. The van der Waals surface area contributed by atoms with Crippen molar-refractivity contribution < 1.29 is 19.4 Å². The number of benzene rings is 1. The summed E-state index contributed by atoms with van der Waals surface area (Å²) in [7, 11) is 0. The molecule has 2 rings (SSSR count). The molecule has 0 aromatic heterocycles. The highest BCUT2D eigenvalue weighted by Crippen LogP contribution is 2.42. The SMILES string of the molecule is C=CCC1(C(=O)O)NNC(C)=C(C(=O)OCC)C1c1cccc(Cl)c1. The topological polar surface area (TPSA) is 87.7 Å². The zero-order valence-corrected chi connectivity index (χ0v) is 14.9. The first-order valence-corrected chi connectivity index (χ1v) is 8.26. The molecule has 0 amide bonds. The molecule has 0 spiro atoms. The molecule has 1 aliphatic rings. The average Bonchev–Trinajstić information content (AvgIpc) is 2.56. The normalized spacial score (nSPS) is 22.9. The largest absolute Gasteiger partial charge is 0.480 e. The molecule has 3 N–H and O–H groups in total. The average molecular weight is 365 g/mol. The molecule has 7 heteroatoms. The summed E-state index contributed by atoms with van der Waals surface area (Å²) < 4.78 is 5.17. The Morgan fingerprint density at radius 1 is 1.48 bits per heavy atom. The van der Waals surface area contributed by atoms with E-state index in [1.807, 2.05) is 0 Å². The van der Waals surface area contributed by atoms with E-state index in [-0.39, 0.29) is 18.6 Å². The van der Waals surface area contributed by atoms with Gasteiger partial charge in [-0.2, -0.15) is 0 Å². The lowest BCUT2D eigenvalue weighted by atomic mass is 9.71. The van der Waals surface area contributed by atoms with Crippen LogP contribution in [0.4, 0.5) is 0 Å². The molecule has 6 nitrogen and oxygen atoms in total. The number of rotatable bonds is 6. The van der Waals surface area contributed by atoms with Gasteiger partial charge in [0, 0.05) is 16.6 Å². The molecular weight excluding hydrogens is 344 g/mol. The van der Waals surface area contributed by atoms with Crippen LogP contribution in [0.1, 0.15) is 31.7 Å². The molecule has 2 unspecified atom stereocenters. The molecule has 134 valence electrons. The first kappa shape index (κ1) is 19.0. The Balaban J connectivity index is 2.72. The lowest BCUT2D eigenvalue weighted by Crippen LogP contribution is -2.64. The zero-order chi connectivity index (χ0) is 18.6. The van der Waals surface area contributed by atoms with Gasteiger partial charge in [-0.25, -0.2) is 10.2 Å². The molecule has 2 atom stereocenters. The first-order valence-electron chi connectivity index (χ1n) is 7.88. The molecule has 1 aliphatic heterocycles. The number of hydrogen-bond acceptors (Lipinski definition) is 5. The van der Waals surface area contributed by atoms with Crippen LogP contribution in [0.15, 0.2) is 48.2 Å². The van der Waals surface area contributed by atoms with Crippen molar-refractivity contribution in [3.05, 3.63) is 58.8 Å². The quantitative estimate of drug-likeness (QED) is 0.531. The Labute approximate surface area is 151 Å². The van der Waals surface area contributed by atoms with E-state index >= 15 is 0 Å². The van der Waals surface area contributed by atoms with Crippen LogP contribution >= 0.6 is 11.6 Å². The lowest BCUT2D eigenvalue weighted by Gasteiger charge is -2.43. The maximum absolute atomic E-state index is 12.6. The number of carboxylic acid groups (broad SMARTS) is 1. The first-order chi connectivity index (χ1) is 11.9. The van der Waals surface area contributed by atoms with E-state index in [1.165, 1.54) is 6.08 Å². The number of carbonyl (C=O) groups excluding carboxylic acids is 1.